The van der Waals surface area contributed by atoms with Gasteiger partial charge in [-0.2, -0.15) is 0 Å². The Morgan fingerprint density at radius 3 is 2.50 bits per heavy atom. The largest absolute Gasteiger partial charge is 0.389 e. The highest BCUT2D eigenvalue weighted by Crippen LogP contribution is 2.30. The summed E-state index contributed by atoms with van der Waals surface area (Å²) in [5.41, 5.74) is 2.34. The Morgan fingerprint density at radius 1 is 1.25 bits per heavy atom. The van der Waals surface area contributed by atoms with Crippen molar-refractivity contribution in [1.82, 2.24) is 5.32 Å². The molecular formula is C14H21NO. The van der Waals surface area contributed by atoms with Crippen LogP contribution in [0.4, 0.5) is 0 Å². The maximum Gasteiger partial charge on any atom is 0.0771 e. The molecule has 1 aromatic carbocycles. The molecule has 0 aromatic heterocycles. The van der Waals surface area contributed by atoms with Crippen LogP contribution in [0.25, 0.3) is 0 Å². The van der Waals surface area contributed by atoms with Crippen molar-refractivity contribution in [2.24, 2.45) is 0 Å². The molecule has 0 atom stereocenters. The van der Waals surface area contributed by atoms with E-state index >= 15 is 0 Å². The molecule has 1 saturated carbocycles. The average Bonchev–Trinajstić information content (AvgIpc) is 2.27. The first kappa shape index (κ1) is 11.6. The SMILES string of the molecule is CCc1ccccc1CNCC1(O)CCC1. The van der Waals surface area contributed by atoms with Crippen LogP contribution < -0.4 is 5.32 Å². The van der Waals surface area contributed by atoms with E-state index in [2.05, 4.69) is 36.5 Å². The molecule has 0 heterocycles. The van der Waals surface area contributed by atoms with Crippen LogP contribution in [0.2, 0.25) is 0 Å². The van der Waals surface area contributed by atoms with E-state index in [9.17, 15) is 5.11 Å². The third kappa shape index (κ3) is 2.63. The smallest absolute Gasteiger partial charge is 0.0771 e. The molecule has 2 heteroatoms. The quantitative estimate of drug-likeness (QED) is 0.796. The van der Waals surface area contributed by atoms with E-state index in [4.69, 9.17) is 0 Å². The van der Waals surface area contributed by atoms with Gasteiger partial charge in [0.2, 0.25) is 0 Å². The minimum absolute atomic E-state index is 0.416. The van der Waals surface area contributed by atoms with Crippen LogP contribution >= 0.6 is 0 Å². The molecule has 0 spiro atoms. The maximum absolute atomic E-state index is 9.95. The Hall–Kier alpha value is -0.860. The monoisotopic (exact) mass is 219 g/mol. The summed E-state index contributed by atoms with van der Waals surface area (Å²) in [7, 11) is 0. The summed E-state index contributed by atoms with van der Waals surface area (Å²) < 4.78 is 0. The minimum Gasteiger partial charge on any atom is -0.389 e. The number of hydrogen-bond donors (Lipinski definition) is 2. The van der Waals surface area contributed by atoms with Crippen molar-refractivity contribution in [3.05, 3.63) is 35.4 Å². The van der Waals surface area contributed by atoms with Crippen LogP contribution in [0.1, 0.15) is 37.3 Å². The number of rotatable bonds is 5. The van der Waals surface area contributed by atoms with Crippen molar-refractivity contribution in [2.75, 3.05) is 6.54 Å². The van der Waals surface area contributed by atoms with Gasteiger partial charge >= 0.3 is 0 Å². The van der Waals surface area contributed by atoms with Crippen LogP contribution in [0.15, 0.2) is 24.3 Å². The zero-order valence-electron chi connectivity index (χ0n) is 10.00. The van der Waals surface area contributed by atoms with E-state index in [1.54, 1.807) is 0 Å². The third-order valence-electron chi connectivity index (χ3n) is 3.55. The summed E-state index contributed by atoms with van der Waals surface area (Å²) >= 11 is 0. The molecule has 2 N–H and O–H groups in total. The highest BCUT2D eigenvalue weighted by Gasteiger charge is 2.33. The lowest BCUT2D eigenvalue weighted by atomic mass is 9.80. The molecular weight excluding hydrogens is 198 g/mol. The van der Waals surface area contributed by atoms with Crippen LogP contribution in [-0.4, -0.2) is 17.3 Å². The molecule has 2 nitrogen and oxygen atoms in total. The lowest BCUT2D eigenvalue weighted by Gasteiger charge is -2.36. The van der Waals surface area contributed by atoms with Crippen LogP contribution in [0, 0.1) is 0 Å². The van der Waals surface area contributed by atoms with Crippen molar-refractivity contribution in [3.8, 4) is 0 Å². The Balaban J connectivity index is 1.84. The normalized spacial score (nSPS) is 18.1. The van der Waals surface area contributed by atoms with Gasteiger partial charge < -0.3 is 10.4 Å². The Labute approximate surface area is 97.7 Å². The number of aryl methyl sites for hydroxylation is 1. The van der Waals surface area contributed by atoms with Crippen LogP contribution in [-0.2, 0) is 13.0 Å². The van der Waals surface area contributed by atoms with E-state index in [-0.39, 0.29) is 0 Å². The van der Waals surface area contributed by atoms with E-state index in [1.165, 1.54) is 17.5 Å². The fraction of sp³-hybridized carbons (Fsp3) is 0.571. The molecule has 88 valence electrons. The van der Waals surface area contributed by atoms with Crippen molar-refractivity contribution < 1.29 is 5.11 Å². The highest BCUT2D eigenvalue weighted by molar-refractivity contribution is 5.26. The highest BCUT2D eigenvalue weighted by atomic mass is 16.3. The van der Waals surface area contributed by atoms with Crippen molar-refractivity contribution in [1.29, 1.82) is 0 Å². The number of nitrogens with one attached hydrogen (secondary N) is 1. The van der Waals surface area contributed by atoms with Gasteiger partial charge in [-0.1, -0.05) is 31.2 Å². The third-order valence-corrected chi connectivity index (χ3v) is 3.55. The topological polar surface area (TPSA) is 32.3 Å². The number of aliphatic hydroxyl groups is 1. The minimum atomic E-state index is -0.416. The lowest BCUT2D eigenvalue weighted by molar-refractivity contribution is -0.0314. The molecule has 16 heavy (non-hydrogen) atoms. The molecule has 0 aliphatic heterocycles. The zero-order valence-corrected chi connectivity index (χ0v) is 10.00. The van der Waals surface area contributed by atoms with E-state index in [0.717, 1.165) is 32.4 Å². The first-order valence-corrected chi connectivity index (χ1v) is 6.23. The van der Waals surface area contributed by atoms with E-state index in [1.807, 2.05) is 0 Å². The Morgan fingerprint density at radius 2 is 1.94 bits per heavy atom. The molecule has 0 amide bonds. The molecule has 1 aliphatic rings. The predicted octanol–water partition coefficient (Wildman–Crippen LogP) is 2.25. The molecule has 0 saturated heterocycles. The van der Waals surface area contributed by atoms with Gasteiger partial charge in [-0.05, 0) is 36.8 Å². The second-order valence-corrected chi connectivity index (χ2v) is 4.80. The molecule has 1 aliphatic carbocycles. The number of hydrogen-bond acceptors (Lipinski definition) is 2. The zero-order chi connectivity index (χ0) is 11.4. The van der Waals surface area contributed by atoms with E-state index in [0.29, 0.717) is 0 Å². The van der Waals surface area contributed by atoms with Gasteiger partial charge in [0.15, 0.2) is 0 Å². The molecule has 0 radical (unpaired) electrons. The summed E-state index contributed by atoms with van der Waals surface area (Å²) in [5, 5.41) is 13.3. The summed E-state index contributed by atoms with van der Waals surface area (Å²) in [6, 6.07) is 8.50. The predicted molar refractivity (Wildman–Crippen MR) is 66.3 cm³/mol. The summed E-state index contributed by atoms with van der Waals surface area (Å²) in [5.74, 6) is 0. The van der Waals surface area contributed by atoms with Crippen molar-refractivity contribution in [3.63, 3.8) is 0 Å². The first-order valence-electron chi connectivity index (χ1n) is 6.23. The Kier molecular flexibility index (Phi) is 3.62. The van der Waals surface area contributed by atoms with Crippen LogP contribution in [0.3, 0.4) is 0 Å². The fourth-order valence-corrected chi connectivity index (χ4v) is 2.27. The summed E-state index contributed by atoms with van der Waals surface area (Å²) in [6.07, 6.45) is 4.15. The van der Waals surface area contributed by atoms with Gasteiger partial charge in [-0.15, -0.1) is 0 Å². The fourth-order valence-electron chi connectivity index (χ4n) is 2.27. The van der Waals surface area contributed by atoms with Crippen molar-refractivity contribution >= 4 is 0 Å². The summed E-state index contributed by atoms with van der Waals surface area (Å²) in [6.45, 7) is 3.77. The van der Waals surface area contributed by atoms with Gasteiger partial charge in [-0.3, -0.25) is 0 Å². The summed E-state index contributed by atoms with van der Waals surface area (Å²) in [4.78, 5) is 0. The van der Waals surface area contributed by atoms with Gasteiger partial charge in [0.1, 0.15) is 0 Å². The standard InChI is InChI=1S/C14H21NO/c1-2-12-6-3-4-7-13(12)10-15-11-14(16)8-5-9-14/h3-4,6-7,15-16H,2,5,8-11H2,1H3. The lowest BCUT2D eigenvalue weighted by Crippen LogP contribution is -2.46. The second-order valence-electron chi connectivity index (χ2n) is 4.80. The van der Waals surface area contributed by atoms with Gasteiger partial charge in [-0.25, -0.2) is 0 Å². The van der Waals surface area contributed by atoms with Crippen molar-refractivity contribution in [2.45, 2.75) is 44.8 Å². The van der Waals surface area contributed by atoms with Gasteiger partial charge in [0.05, 0.1) is 5.60 Å². The molecule has 0 unspecified atom stereocenters. The maximum atomic E-state index is 9.95. The van der Waals surface area contributed by atoms with E-state index < -0.39 is 5.60 Å². The van der Waals surface area contributed by atoms with Gasteiger partial charge in [0.25, 0.3) is 0 Å². The molecule has 2 rings (SSSR count). The first-order chi connectivity index (χ1) is 7.73. The molecule has 1 aromatic rings. The molecule has 1 fully saturated rings. The molecule has 0 bridgehead atoms. The number of benzene rings is 1. The second kappa shape index (κ2) is 4.98. The Bertz CT molecular complexity index is 344. The average molecular weight is 219 g/mol. The van der Waals surface area contributed by atoms with Gasteiger partial charge in [0, 0.05) is 13.1 Å². The van der Waals surface area contributed by atoms with Crippen LogP contribution in [0.5, 0.6) is 0 Å².